The van der Waals surface area contributed by atoms with Gasteiger partial charge >= 0.3 is 0 Å². The maximum atomic E-state index is 13.0. The highest BCUT2D eigenvalue weighted by molar-refractivity contribution is 7.80. The zero-order chi connectivity index (χ0) is 28.4. The molecule has 6 nitrogen and oxygen atoms in total. The van der Waals surface area contributed by atoms with Crippen molar-refractivity contribution >= 4 is 28.9 Å². The molecule has 2 atom stereocenters. The SMILES string of the molecule is CCc1cccc(C)c1-n1c(C)cc([C@@H]2[C@@H](c3ccccn3)NC(=S)N2CCC(=O)Nc2ccc(C)cc2)c1C. The molecule has 206 valence electrons. The van der Waals surface area contributed by atoms with Gasteiger partial charge in [0.2, 0.25) is 5.91 Å². The number of anilines is 1. The van der Waals surface area contributed by atoms with Crippen LogP contribution in [0.25, 0.3) is 5.69 Å². The van der Waals surface area contributed by atoms with Crippen molar-refractivity contribution in [3.63, 3.8) is 0 Å². The second-order valence-corrected chi connectivity index (χ2v) is 11.0. The number of carbonyl (C=O) groups is 1. The third-order valence-electron chi connectivity index (χ3n) is 7.83. The Kier molecular flexibility index (Phi) is 8.03. The van der Waals surface area contributed by atoms with Crippen LogP contribution in [0.1, 0.15) is 64.8 Å². The number of benzene rings is 2. The third kappa shape index (κ3) is 5.39. The van der Waals surface area contributed by atoms with E-state index < -0.39 is 0 Å². The van der Waals surface area contributed by atoms with Crippen molar-refractivity contribution in [3.8, 4) is 5.69 Å². The Hall–Kier alpha value is -3.97. The Bertz CT molecular complexity index is 1530. The second-order valence-electron chi connectivity index (χ2n) is 10.6. The van der Waals surface area contributed by atoms with Gasteiger partial charge in [-0.05, 0) is 93.4 Å². The number of rotatable bonds is 8. The Morgan fingerprint density at radius 3 is 2.50 bits per heavy atom. The van der Waals surface area contributed by atoms with Crippen LogP contribution in [0.4, 0.5) is 5.69 Å². The minimum absolute atomic E-state index is 0.0374. The highest BCUT2D eigenvalue weighted by atomic mass is 32.1. The van der Waals surface area contributed by atoms with Crippen molar-refractivity contribution in [1.82, 2.24) is 19.8 Å². The van der Waals surface area contributed by atoms with Crippen LogP contribution in [0.15, 0.2) is 72.9 Å². The molecule has 2 aromatic heterocycles. The van der Waals surface area contributed by atoms with Crippen molar-refractivity contribution in [2.24, 2.45) is 0 Å². The van der Waals surface area contributed by atoms with E-state index >= 15 is 0 Å². The van der Waals surface area contributed by atoms with E-state index in [1.165, 1.54) is 33.8 Å². The van der Waals surface area contributed by atoms with Crippen molar-refractivity contribution in [3.05, 3.63) is 112 Å². The lowest BCUT2D eigenvalue weighted by molar-refractivity contribution is -0.116. The summed E-state index contributed by atoms with van der Waals surface area (Å²) in [7, 11) is 0. The minimum Gasteiger partial charge on any atom is -0.352 e. The number of pyridine rings is 1. The van der Waals surface area contributed by atoms with E-state index in [-0.39, 0.29) is 18.0 Å². The number of nitrogens with zero attached hydrogens (tertiary/aromatic N) is 3. The molecule has 0 aliphatic carbocycles. The highest BCUT2D eigenvalue weighted by Gasteiger charge is 2.41. The number of hydrogen-bond donors (Lipinski definition) is 2. The predicted octanol–water partition coefficient (Wildman–Crippen LogP) is 6.67. The number of thiocarbonyl (C=S) groups is 1. The fourth-order valence-corrected chi connectivity index (χ4v) is 6.16. The molecule has 2 aromatic carbocycles. The second kappa shape index (κ2) is 11.6. The monoisotopic (exact) mass is 551 g/mol. The Labute approximate surface area is 242 Å². The van der Waals surface area contributed by atoms with E-state index in [0.717, 1.165) is 23.4 Å². The van der Waals surface area contributed by atoms with Gasteiger partial charge in [-0.2, -0.15) is 0 Å². The summed E-state index contributed by atoms with van der Waals surface area (Å²) in [6.45, 7) is 11.3. The molecular weight excluding hydrogens is 514 g/mol. The lowest BCUT2D eigenvalue weighted by Crippen LogP contribution is -2.32. The van der Waals surface area contributed by atoms with Crippen molar-refractivity contribution in [2.75, 3.05) is 11.9 Å². The number of aryl methyl sites for hydroxylation is 4. The number of para-hydroxylation sites is 1. The van der Waals surface area contributed by atoms with Gasteiger partial charge in [-0.1, -0.05) is 48.9 Å². The summed E-state index contributed by atoms with van der Waals surface area (Å²) in [4.78, 5) is 19.8. The summed E-state index contributed by atoms with van der Waals surface area (Å²) in [5.41, 5.74) is 10.2. The van der Waals surface area contributed by atoms with Crippen LogP contribution in [0.5, 0.6) is 0 Å². The van der Waals surface area contributed by atoms with E-state index in [4.69, 9.17) is 12.2 Å². The van der Waals surface area contributed by atoms with Crippen molar-refractivity contribution in [1.29, 1.82) is 0 Å². The van der Waals surface area contributed by atoms with Crippen molar-refractivity contribution < 1.29 is 4.79 Å². The molecule has 1 amide bonds. The Balaban J connectivity index is 1.50. The van der Waals surface area contributed by atoms with Gasteiger partial charge in [0.25, 0.3) is 0 Å². The summed E-state index contributed by atoms with van der Waals surface area (Å²) >= 11 is 5.88. The summed E-state index contributed by atoms with van der Waals surface area (Å²) < 4.78 is 2.38. The minimum atomic E-state index is -0.134. The Morgan fingerprint density at radius 1 is 1.02 bits per heavy atom. The van der Waals surface area contributed by atoms with Crippen LogP contribution in [-0.2, 0) is 11.2 Å². The van der Waals surface area contributed by atoms with Gasteiger partial charge in [0.15, 0.2) is 5.11 Å². The van der Waals surface area contributed by atoms with Gasteiger partial charge in [-0.25, -0.2) is 0 Å². The molecule has 1 aliphatic rings. The van der Waals surface area contributed by atoms with Crippen LogP contribution < -0.4 is 10.6 Å². The van der Waals surface area contributed by atoms with Crippen molar-refractivity contribution in [2.45, 2.75) is 59.5 Å². The molecule has 1 fully saturated rings. The van der Waals surface area contributed by atoms with Crippen LogP contribution in [-0.4, -0.2) is 32.0 Å². The number of nitrogens with one attached hydrogen (secondary N) is 2. The molecule has 40 heavy (non-hydrogen) atoms. The molecule has 2 N–H and O–H groups in total. The van der Waals surface area contributed by atoms with E-state index in [0.29, 0.717) is 18.1 Å². The maximum absolute atomic E-state index is 13.0. The lowest BCUT2D eigenvalue weighted by atomic mass is 9.96. The first-order chi connectivity index (χ1) is 19.3. The summed E-state index contributed by atoms with van der Waals surface area (Å²) in [5.74, 6) is -0.0374. The molecule has 5 rings (SSSR count). The zero-order valence-electron chi connectivity index (χ0n) is 23.9. The zero-order valence-corrected chi connectivity index (χ0v) is 24.7. The number of carbonyl (C=O) groups excluding carboxylic acids is 1. The predicted molar refractivity (Wildman–Crippen MR) is 166 cm³/mol. The van der Waals surface area contributed by atoms with Gasteiger partial charge < -0.3 is 20.1 Å². The highest BCUT2D eigenvalue weighted by Crippen LogP contribution is 2.42. The molecule has 1 saturated heterocycles. The molecule has 3 heterocycles. The molecule has 0 saturated carbocycles. The van der Waals surface area contributed by atoms with Gasteiger partial charge in [-0.15, -0.1) is 0 Å². The van der Waals surface area contributed by atoms with Crippen LogP contribution >= 0.6 is 12.2 Å². The normalized spacial score (nSPS) is 16.7. The van der Waals surface area contributed by atoms with Gasteiger partial charge in [0.1, 0.15) is 0 Å². The molecule has 0 bridgehead atoms. The molecule has 1 aliphatic heterocycles. The third-order valence-corrected chi connectivity index (χ3v) is 8.18. The largest absolute Gasteiger partial charge is 0.352 e. The first kappa shape index (κ1) is 27.6. The first-order valence-electron chi connectivity index (χ1n) is 13.9. The fraction of sp³-hybridized carbons (Fsp3) is 0.303. The van der Waals surface area contributed by atoms with Crippen LogP contribution in [0.3, 0.4) is 0 Å². The molecule has 0 spiro atoms. The van der Waals surface area contributed by atoms with E-state index in [9.17, 15) is 4.79 Å². The van der Waals surface area contributed by atoms with Crippen LogP contribution in [0.2, 0.25) is 0 Å². The van der Waals surface area contributed by atoms with Crippen LogP contribution in [0, 0.1) is 27.7 Å². The number of hydrogen-bond acceptors (Lipinski definition) is 3. The standard InChI is InChI=1S/C33H37N5OS/c1-6-25-11-9-10-22(3)31(25)38-23(4)20-27(24(38)5)32-30(28-12-7-8-18-34-28)36-33(40)37(32)19-17-29(39)35-26-15-13-21(2)14-16-26/h7-16,18,20,30,32H,6,17,19H2,1-5H3,(H,35,39)(H,36,40)/t30-,32-/m1/s1. The van der Waals surface area contributed by atoms with E-state index in [1.807, 2.05) is 55.6 Å². The fourth-order valence-electron chi connectivity index (χ4n) is 5.82. The van der Waals surface area contributed by atoms with Gasteiger partial charge in [-0.3, -0.25) is 9.78 Å². The number of amides is 1. The summed E-state index contributed by atoms with van der Waals surface area (Å²) in [6.07, 6.45) is 3.09. The lowest BCUT2D eigenvalue weighted by Gasteiger charge is -2.28. The maximum Gasteiger partial charge on any atom is 0.226 e. The van der Waals surface area contributed by atoms with E-state index in [2.05, 4.69) is 77.0 Å². The molecule has 0 radical (unpaired) electrons. The molecule has 7 heteroatoms. The molecule has 0 unspecified atom stereocenters. The quantitative estimate of drug-likeness (QED) is 0.240. The van der Waals surface area contributed by atoms with E-state index in [1.54, 1.807) is 0 Å². The molecule has 4 aromatic rings. The summed E-state index contributed by atoms with van der Waals surface area (Å²) in [5, 5.41) is 7.19. The average molecular weight is 552 g/mol. The smallest absolute Gasteiger partial charge is 0.226 e. The average Bonchev–Trinajstić information content (AvgIpc) is 3.43. The number of aromatic nitrogens is 2. The topological polar surface area (TPSA) is 62.2 Å². The summed E-state index contributed by atoms with van der Waals surface area (Å²) in [6, 6.07) is 22.4. The first-order valence-corrected chi connectivity index (χ1v) is 14.3. The van der Waals surface area contributed by atoms with Gasteiger partial charge in [0.05, 0.1) is 23.5 Å². The van der Waals surface area contributed by atoms with Gasteiger partial charge in [0, 0.05) is 36.2 Å². The molecular formula is C33H37N5OS. The Morgan fingerprint density at radius 2 is 1.80 bits per heavy atom.